The van der Waals surface area contributed by atoms with Crippen LogP contribution in [0.25, 0.3) is 43.9 Å². The molecule has 2 aliphatic rings. The molecule has 2 aliphatic heterocycles. The van der Waals surface area contributed by atoms with Crippen LogP contribution in [0.15, 0.2) is 65.5 Å². The number of nitrogen functional groups attached to an aromatic ring is 1. The zero-order valence-corrected chi connectivity index (χ0v) is 28.6. The summed E-state index contributed by atoms with van der Waals surface area (Å²) in [5.41, 5.74) is 11.1. The second kappa shape index (κ2) is 13.1. The van der Waals surface area contributed by atoms with Crippen molar-refractivity contribution in [3.05, 3.63) is 83.4 Å². The lowest BCUT2D eigenvalue weighted by Crippen LogP contribution is -2.40. The maximum Gasteiger partial charge on any atom is 0.246 e. The predicted molar refractivity (Wildman–Crippen MR) is 191 cm³/mol. The zero-order chi connectivity index (χ0) is 35.3. The van der Waals surface area contributed by atoms with Crippen LogP contribution in [0.3, 0.4) is 0 Å². The normalized spacial score (nSPS) is 17.6. The molecule has 2 N–H and O–H groups in total. The molecule has 0 spiro atoms. The Balaban J connectivity index is 1.45. The number of carbonyl (C=O) groups is 2. The molecule has 13 heteroatoms. The molecule has 0 radical (unpaired) electrons. The van der Waals surface area contributed by atoms with E-state index >= 15 is 4.39 Å². The number of nitrogens with zero attached hydrogens (tertiary/aromatic N) is 6. The SMILES string of the molecule is C=CC(=O)N1CCn2nc(-c3nc(-c4ccc(C=NC)c(N)c4)c4ccsc4c3-c3c(F)cc(F)cc3OC[C@@H]3CC(=O)N(C)C3)cc2[C@H]1C. The van der Waals surface area contributed by atoms with Gasteiger partial charge in [0.15, 0.2) is 0 Å². The lowest BCUT2D eigenvalue weighted by Gasteiger charge is -2.33. The van der Waals surface area contributed by atoms with Gasteiger partial charge in [-0.1, -0.05) is 18.7 Å². The third-order valence-electron chi connectivity index (χ3n) is 9.36. The van der Waals surface area contributed by atoms with E-state index in [4.69, 9.17) is 20.6 Å². The molecule has 5 aromatic rings. The molecule has 0 saturated carbocycles. The van der Waals surface area contributed by atoms with Gasteiger partial charge in [-0.15, -0.1) is 11.3 Å². The van der Waals surface area contributed by atoms with Crippen molar-refractivity contribution in [2.24, 2.45) is 10.9 Å². The van der Waals surface area contributed by atoms with Crippen molar-refractivity contribution in [2.45, 2.75) is 25.9 Å². The van der Waals surface area contributed by atoms with Gasteiger partial charge in [0.1, 0.15) is 28.8 Å². The van der Waals surface area contributed by atoms with E-state index in [9.17, 15) is 14.0 Å². The summed E-state index contributed by atoms with van der Waals surface area (Å²) in [6, 6.07) is 11.1. The third kappa shape index (κ3) is 5.81. The maximum absolute atomic E-state index is 16.3. The van der Waals surface area contributed by atoms with E-state index in [1.54, 1.807) is 30.1 Å². The molecule has 1 fully saturated rings. The van der Waals surface area contributed by atoms with Crippen LogP contribution in [0.2, 0.25) is 0 Å². The Labute approximate surface area is 291 Å². The van der Waals surface area contributed by atoms with E-state index in [0.29, 0.717) is 52.7 Å². The van der Waals surface area contributed by atoms with Gasteiger partial charge in [-0.2, -0.15) is 5.10 Å². The Bertz CT molecular complexity index is 2210. The summed E-state index contributed by atoms with van der Waals surface area (Å²) in [6.45, 7) is 7.02. The Morgan fingerprint density at radius 2 is 1.98 bits per heavy atom. The summed E-state index contributed by atoms with van der Waals surface area (Å²) < 4.78 is 39.9. The minimum Gasteiger partial charge on any atom is -0.492 e. The smallest absolute Gasteiger partial charge is 0.246 e. The van der Waals surface area contributed by atoms with Crippen LogP contribution < -0.4 is 10.5 Å². The van der Waals surface area contributed by atoms with Crippen LogP contribution in [-0.4, -0.2) is 76.4 Å². The van der Waals surface area contributed by atoms with E-state index in [1.165, 1.54) is 23.5 Å². The highest BCUT2D eigenvalue weighted by atomic mass is 32.1. The Kier molecular flexibility index (Phi) is 8.68. The molecule has 2 atom stereocenters. The number of nitrogens with two attached hydrogens (primary N) is 1. The lowest BCUT2D eigenvalue weighted by molar-refractivity contribution is -0.129. The Hall–Kier alpha value is -5.43. The number of ether oxygens (including phenoxy) is 1. The predicted octanol–water partition coefficient (Wildman–Crippen LogP) is 6.35. The summed E-state index contributed by atoms with van der Waals surface area (Å²) in [4.78, 5) is 37.5. The number of benzene rings is 2. The number of thiophene rings is 1. The molecule has 1 saturated heterocycles. The average Bonchev–Trinajstić information content (AvgIpc) is 3.83. The molecule has 0 unspecified atom stereocenters. The van der Waals surface area contributed by atoms with Crippen LogP contribution in [0.1, 0.15) is 30.6 Å². The second-order valence-corrected chi connectivity index (χ2v) is 13.5. The number of fused-ring (bicyclic) bond motifs is 2. The van der Waals surface area contributed by atoms with Crippen LogP contribution >= 0.6 is 11.3 Å². The maximum atomic E-state index is 16.3. The van der Waals surface area contributed by atoms with Crippen molar-refractivity contribution < 1.29 is 23.1 Å². The first kappa shape index (κ1) is 33.1. The number of halogens is 2. The molecule has 3 aromatic heterocycles. The van der Waals surface area contributed by atoms with Crippen molar-refractivity contribution in [3.8, 4) is 39.5 Å². The Morgan fingerprint density at radius 1 is 1.16 bits per heavy atom. The number of pyridine rings is 1. The summed E-state index contributed by atoms with van der Waals surface area (Å²) in [5, 5.41) is 7.57. The van der Waals surface area contributed by atoms with Gasteiger partial charge in [0, 0.05) is 90.3 Å². The van der Waals surface area contributed by atoms with Gasteiger partial charge in [-0.25, -0.2) is 13.8 Å². The van der Waals surface area contributed by atoms with E-state index < -0.39 is 11.6 Å². The molecular formula is C37H35F2N7O3S. The fraction of sp³-hybridized carbons (Fsp3) is 0.270. The first-order valence-electron chi connectivity index (χ1n) is 16.2. The van der Waals surface area contributed by atoms with Crippen molar-refractivity contribution in [1.29, 1.82) is 0 Å². The van der Waals surface area contributed by atoms with Crippen molar-refractivity contribution in [1.82, 2.24) is 24.6 Å². The molecule has 5 heterocycles. The fourth-order valence-corrected chi connectivity index (χ4v) is 7.81. The van der Waals surface area contributed by atoms with E-state index in [0.717, 1.165) is 28.3 Å². The highest BCUT2D eigenvalue weighted by molar-refractivity contribution is 7.18. The minimum atomic E-state index is -0.822. The summed E-state index contributed by atoms with van der Waals surface area (Å²) in [6.07, 6.45) is 3.26. The van der Waals surface area contributed by atoms with Crippen LogP contribution in [0.4, 0.5) is 14.5 Å². The highest BCUT2D eigenvalue weighted by Crippen LogP contribution is 2.47. The van der Waals surface area contributed by atoms with Gasteiger partial charge < -0.3 is 20.3 Å². The molecule has 7 rings (SSSR count). The quantitative estimate of drug-likeness (QED) is 0.115. The summed E-state index contributed by atoms with van der Waals surface area (Å²) in [5.74, 6) is -1.94. The highest BCUT2D eigenvalue weighted by Gasteiger charge is 2.32. The lowest BCUT2D eigenvalue weighted by atomic mass is 9.95. The molecule has 50 heavy (non-hydrogen) atoms. The average molecular weight is 696 g/mol. The molecule has 2 aromatic carbocycles. The van der Waals surface area contributed by atoms with Gasteiger partial charge >= 0.3 is 0 Å². The first-order valence-corrected chi connectivity index (χ1v) is 17.1. The molecular weight excluding hydrogens is 661 g/mol. The van der Waals surface area contributed by atoms with Crippen molar-refractivity contribution in [3.63, 3.8) is 0 Å². The summed E-state index contributed by atoms with van der Waals surface area (Å²) >= 11 is 1.39. The monoisotopic (exact) mass is 695 g/mol. The summed E-state index contributed by atoms with van der Waals surface area (Å²) in [7, 11) is 3.39. The molecule has 256 valence electrons. The fourth-order valence-electron chi connectivity index (χ4n) is 6.86. The number of likely N-dealkylation sites (tertiary alicyclic amines) is 1. The van der Waals surface area contributed by atoms with Crippen LogP contribution in [0.5, 0.6) is 5.75 Å². The standard InChI is InChI=1S/C37H35F2N7O3S/c1-5-31(47)45-9-10-46-29(20(45)2)16-28(43-46)36-34(33-26(39)14-24(38)15-30(33)49-19-21-12-32(48)44(4)18-21)37-25(8-11-50-37)35(42-36)22-6-7-23(17-41-3)27(40)13-22/h5-8,11,13-17,20-21H,1,9-10,12,18-19,40H2,2-4H3/t20-,21-/m1/s1. The number of hydrogen-bond acceptors (Lipinski definition) is 8. The number of aromatic nitrogens is 3. The third-order valence-corrected chi connectivity index (χ3v) is 10.3. The first-order chi connectivity index (χ1) is 24.1. The second-order valence-electron chi connectivity index (χ2n) is 12.6. The Morgan fingerprint density at radius 3 is 2.70 bits per heavy atom. The van der Waals surface area contributed by atoms with Crippen molar-refractivity contribution in [2.75, 3.05) is 39.5 Å². The van der Waals surface area contributed by atoms with Gasteiger partial charge in [0.05, 0.1) is 36.1 Å². The topological polar surface area (TPSA) is 119 Å². The number of rotatable bonds is 8. The zero-order valence-electron chi connectivity index (χ0n) is 27.8. The van der Waals surface area contributed by atoms with Crippen LogP contribution in [-0.2, 0) is 16.1 Å². The minimum absolute atomic E-state index is 0.00236. The molecule has 0 aliphatic carbocycles. The van der Waals surface area contributed by atoms with Gasteiger partial charge in [0.25, 0.3) is 0 Å². The van der Waals surface area contributed by atoms with Crippen molar-refractivity contribution >= 4 is 45.1 Å². The molecule has 0 bridgehead atoms. The number of aliphatic imine (C=N–C) groups is 1. The van der Waals surface area contributed by atoms with E-state index in [2.05, 4.69) is 11.6 Å². The number of carbonyl (C=O) groups excluding carboxylic acids is 2. The van der Waals surface area contributed by atoms with E-state index in [-0.39, 0.29) is 48.1 Å². The number of anilines is 1. The van der Waals surface area contributed by atoms with Gasteiger partial charge in [-0.3, -0.25) is 19.3 Å². The molecule has 2 amide bonds. The van der Waals surface area contributed by atoms with Crippen LogP contribution in [0, 0.1) is 17.6 Å². The largest absolute Gasteiger partial charge is 0.492 e. The van der Waals surface area contributed by atoms with Gasteiger partial charge in [-0.05, 0) is 36.6 Å². The number of amides is 2. The van der Waals surface area contributed by atoms with E-state index in [1.807, 2.05) is 47.3 Å². The number of hydrogen-bond donors (Lipinski definition) is 1. The molecule has 10 nitrogen and oxygen atoms in total. The van der Waals surface area contributed by atoms with Gasteiger partial charge in [0.2, 0.25) is 11.8 Å².